The Kier molecular flexibility index (Phi) is 0.302. The zero-order valence-corrected chi connectivity index (χ0v) is 5.08. The number of ketones is 1. The molecule has 1 nitrogen and oxygen atoms in total. The van der Waals surface area contributed by atoms with Crippen LogP contribution in [-0.2, 0) is 4.79 Å². The van der Waals surface area contributed by atoms with E-state index in [0.717, 1.165) is 23.7 Å². The fraction of sp³-hybridized carbons (Fsp3) is 0.875. The molecule has 0 radical (unpaired) electrons. The molecule has 0 N–H and O–H groups in total. The molecule has 0 aromatic carbocycles. The van der Waals surface area contributed by atoms with E-state index in [-0.39, 0.29) is 0 Å². The normalized spacial score (nSPS) is 78.9. The number of rotatable bonds is 0. The lowest BCUT2D eigenvalue weighted by molar-refractivity contribution is -0.123. The van der Waals surface area contributed by atoms with Crippen LogP contribution in [0.5, 0.6) is 0 Å². The molecule has 0 amide bonds. The minimum atomic E-state index is 0.602. The van der Waals surface area contributed by atoms with Crippen molar-refractivity contribution in [3.8, 4) is 0 Å². The maximum absolute atomic E-state index is 11.2. The highest BCUT2D eigenvalue weighted by Crippen LogP contribution is 2.82. The largest absolute Gasteiger partial charge is 0.299 e. The first-order chi connectivity index (χ1) is 4.39. The monoisotopic (exact) mass is 120 g/mol. The molecular formula is C8H8O. The number of Topliss-reactive ketones (excluding diaryl/α,β-unsaturated/α-hetero) is 1. The van der Waals surface area contributed by atoms with E-state index in [1.807, 2.05) is 0 Å². The molecule has 9 heavy (non-hydrogen) atoms. The number of carbonyl (C=O) groups is 1. The zero-order chi connectivity index (χ0) is 5.75. The number of hydrogen-bond acceptors (Lipinski definition) is 1. The van der Waals surface area contributed by atoms with Crippen molar-refractivity contribution in [2.45, 2.75) is 6.42 Å². The maximum Gasteiger partial charge on any atom is 0.140 e. The van der Waals surface area contributed by atoms with Crippen LogP contribution >= 0.6 is 0 Å². The van der Waals surface area contributed by atoms with E-state index in [1.165, 1.54) is 6.42 Å². The Morgan fingerprint density at radius 1 is 1.11 bits per heavy atom. The molecule has 4 atom stereocenters. The summed E-state index contributed by atoms with van der Waals surface area (Å²) in [5, 5.41) is 0. The van der Waals surface area contributed by atoms with Crippen molar-refractivity contribution in [3.05, 3.63) is 0 Å². The van der Waals surface area contributed by atoms with Crippen molar-refractivity contribution < 1.29 is 4.79 Å². The van der Waals surface area contributed by atoms with Gasteiger partial charge in [0, 0.05) is 11.8 Å². The fourth-order valence-electron chi connectivity index (χ4n) is 4.01. The van der Waals surface area contributed by atoms with E-state index in [4.69, 9.17) is 0 Å². The van der Waals surface area contributed by atoms with Gasteiger partial charge in [-0.3, -0.25) is 4.79 Å². The van der Waals surface area contributed by atoms with Crippen molar-refractivity contribution in [3.63, 3.8) is 0 Å². The van der Waals surface area contributed by atoms with Crippen molar-refractivity contribution in [1.82, 2.24) is 0 Å². The van der Waals surface area contributed by atoms with Gasteiger partial charge in [-0.1, -0.05) is 0 Å². The van der Waals surface area contributed by atoms with Crippen LogP contribution in [0.25, 0.3) is 0 Å². The summed E-state index contributed by atoms with van der Waals surface area (Å²) < 4.78 is 0. The second-order valence-corrected chi connectivity index (χ2v) is 4.17. The highest BCUT2D eigenvalue weighted by atomic mass is 16.1. The van der Waals surface area contributed by atoms with Crippen LogP contribution in [0.15, 0.2) is 0 Å². The number of hydrogen-bond donors (Lipinski definition) is 0. The Morgan fingerprint density at radius 2 is 1.78 bits per heavy atom. The summed E-state index contributed by atoms with van der Waals surface area (Å²) in [5.41, 5.74) is 0. The molecule has 0 spiro atoms. The summed E-state index contributed by atoms with van der Waals surface area (Å²) in [6, 6.07) is 0. The zero-order valence-electron chi connectivity index (χ0n) is 5.08. The fourth-order valence-corrected chi connectivity index (χ4v) is 4.01. The Morgan fingerprint density at radius 3 is 2.00 bits per heavy atom. The van der Waals surface area contributed by atoms with E-state index >= 15 is 0 Å². The molecule has 46 valence electrons. The lowest BCUT2D eigenvalue weighted by Crippen LogP contribution is -2.29. The van der Waals surface area contributed by atoms with Gasteiger partial charge in [-0.2, -0.15) is 0 Å². The third-order valence-corrected chi connectivity index (χ3v) is 4.25. The summed E-state index contributed by atoms with van der Waals surface area (Å²) in [7, 11) is 0. The van der Waals surface area contributed by atoms with Crippen molar-refractivity contribution in [1.29, 1.82) is 0 Å². The summed E-state index contributed by atoms with van der Waals surface area (Å²) in [4.78, 5) is 11.2. The molecular weight excluding hydrogens is 112 g/mol. The van der Waals surface area contributed by atoms with Crippen molar-refractivity contribution >= 4 is 5.78 Å². The van der Waals surface area contributed by atoms with Gasteiger partial charge in [-0.25, -0.2) is 0 Å². The van der Waals surface area contributed by atoms with Crippen molar-refractivity contribution in [2.75, 3.05) is 0 Å². The summed E-state index contributed by atoms with van der Waals surface area (Å²) in [5.74, 6) is 5.52. The molecule has 0 aromatic rings. The van der Waals surface area contributed by atoms with E-state index in [9.17, 15) is 4.79 Å². The molecule has 0 heterocycles. The first-order valence-electron chi connectivity index (χ1n) is 3.93. The lowest BCUT2D eigenvalue weighted by Gasteiger charge is -2.30. The van der Waals surface area contributed by atoms with E-state index in [0.29, 0.717) is 17.6 Å². The van der Waals surface area contributed by atoms with E-state index in [2.05, 4.69) is 0 Å². The molecule has 4 unspecified atom stereocenters. The molecule has 0 aliphatic heterocycles. The molecule has 5 saturated carbocycles. The average molecular weight is 120 g/mol. The average Bonchev–Trinajstić information content (AvgIpc) is 2.11. The predicted molar refractivity (Wildman–Crippen MR) is 30.6 cm³/mol. The highest BCUT2D eigenvalue weighted by Gasteiger charge is 2.83. The minimum absolute atomic E-state index is 0.602. The highest BCUT2D eigenvalue weighted by molar-refractivity contribution is 5.95. The van der Waals surface area contributed by atoms with Gasteiger partial charge >= 0.3 is 0 Å². The van der Waals surface area contributed by atoms with Crippen LogP contribution in [0.3, 0.4) is 0 Å². The predicted octanol–water partition coefficient (Wildman–Crippen LogP) is 0.697. The van der Waals surface area contributed by atoms with Crippen LogP contribution < -0.4 is 0 Å². The molecule has 0 saturated heterocycles. The second kappa shape index (κ2) is 0.727. The van der Waals surface area contributed by atoms with Crippen LogP contribution in [0.1, 0.15) is 6.42 Å². The van der Waals surface area contributed by atoms with Gasteiger partial charge in [0.05, 0.1) is 0 Å². The number of carbonyl (C=O) groups excluding carboxylic acids is 1. The first kappa shape index (κ1) is 3.75. The molecule has 5 aliphatic rings. The first-order valence-corrected chi connectivity index (χ1v) is 3.93. The Bertz CT molecular complexity index is 213. The standard InChI is InChI=1S/C8H8O/c9-8-4-2-1-3(4)6-5(2)7(6)8/h2-7H,1H2. The van der Waals surface area contributed by atoms with Gasteiger partial charge in [0.2, 0.25) is 0 Å². The van der Waals surface area contributed by atoms with Crippen molar-refractivity contribution in [2.24, 2.45) is 35.5 Å². The summed E-state index contributed by atoms with van der Waals surface area (Å²) in [6.45, 7) is 0. The molecule has 6 bridgehead atoms. The van der Waals surface area contributed by atoms with Crippen LogP contribution in [-0.4, -0.2) is 5.78 Å². The summed E-state index contributed by atoms with van der Waals surface area (Å²) in [6.07, 6.45) is 1.42. The van der Waals surface area contributed by atoms with Gasteiger partial charge in [-0.05, 0) is 30.1 Å². The van der Waals surface area contributed by atoms with Gasteiger partial charge < -0.3 is 0 Å². The third-order valence-electron chi connectivity index (χ3n) is 4.25. The molecule has 5 fully saturated rings. The Balaban J connectivity index is 2.09. The second-order valence-electron chi connectivity index (χ2n) is 4.17. The lowest BCUT2D eigenvalue weighted by atomic mass is 9.73. The van der Waals surface area contributed by atoms with Gasteiger partial charge in [0.1, 0.15) is 5.78 Å². The van der Waals surface area contributed by atoms with Crippen LogP contribution in [0.4, 0.5) is 0 Å². The van der Waals surface area contributed by atoms with Crippen LogP contribution in [0, 0.1) is 35.5 Å². The molecule has 1 heteroatoms. The van der Waals surface area contributed by atoms with E-state index in [1.54, 1.807) is 0 Å². The quantitative estimate of drug-likeness (QED) is 0.460. The van der Waals surface area contributed by atoms with Crippen LogP contribution in [0.2, 0.25) is 0 Å². The molecule has 5 rings (SSSR count). The Labute approximate surface area is 53.4 Å². The molecule has 5 aliphatic carbocycles. The Hall–Kier alpha value is -0.330. The summed E-state index contributed by atoms with van der Waals surface area (Å²) >= 11 is 0. The topological polar surface area (TPSA) is 17.1 Å². The third kappa shape index (κ3) is 0.174. The van der Waals surface area contributed by atoms with Gasteiger partial charge in [-0.15, -0.1) is 0 Å². The van der Waals surface area contributed by atoms with Gasteiger partial charge in [0.15, 0.2) is 0 Å². The van der Waals surface area contributed by atoms with Gasteiger partial charge in [0.25, 0.3) is 0 Å². The maximum atomic E-state index is 11.2. The SMILES string of the molecule is O=C1C2C3CC2C2C1C32. The smallest absolute Gasteiger partial charge is 0.140 e. The minimum Gasteiger partial charge on any atom is -0.299 e. The van der Waals surface area contributed by atoms with E-state index < -0.39 is 0 Å². The molecule has 0 aromatic heterocycles.